The lowest BCUT2D eigenvalue weighted by Crippen LogP contribution is -2.54. The molecule has 37 heavy (non-hydrogen) atoms. The number of barbiturate groups is 1. The van der Waals surface area contributed by atoms with Gasteiger partial charge in [0.15, 0.2) is 0 Å². The summed E-state index contributed by atoms with van der Waals surface area (Å²) in [6.07, 6.45) is 2.56. The van der Waals surface area contributed by atoms with Crippen molar-refractivity contribution in [2.75, 3.05) is 24.0 Å². The van der Waals surface area contributed by atoms with Gasteiger partial charge in [-0.15, -0.1) is 0 Å². The second-order valence-corrected chi connectivity index (χ2v) is 10.6. The topological polar surface area (TPSA) is 88.2 Å². The first kappa shape index (κ1) is 26.3. The van der Waals surface area contributed by atoms with Crippen LogP contribution < -0.4 is 24.6 Å². The molecule has 0 bridgehead atoms. The van der Waals surface area contributed by atoms with Gasteiger partial charge in [0.1, 0.15) is 17.1 Å². The third-order valence-electron chi connectivity index (χ3n) is 7.21. The quantitative estimate of drug-likeness (QED) is 0.445. The van der Waals surface area contributed by atoms with Gasteiger partial charge in [0.05, 0.1) is 19.9 Å². The Kier molecular flexibility index (Phi) is 6.79. The molecule has 196 valence electrons. The van der Waals surface area contributed by atoms with Crippen molar-refractivity contribution in [1.29, 1.82) is 0 Å². The third-order valence-corrected chi connectivity index (χ3v) is 7.21. The first-order valence-corrected chi connectivity index (χ1v) is 12.5. The Balaban J connectivity index is 1.80. The van der Waals surface area contributed by atoms with Gasteiger partial charge in [-0.2, -0.15) is 0 Å². The van der Waals surface area contributed by atoms with Crippen molar-refractivity contribution in [2.24, 2.45) is 0 Å². The molecule has 2 heterocycles. The van der Waals surface area contributed by atoms with Crippen molar-refractivity contribution in [3.05, 3.63) is 52.6 Å². The van der Waals surface area contributed by atoms with Crippen molar-refractivity contribution in [2.45, 2.75) is 65.5 Å². The number of methoxy groups -OCH3 is 2. The lowest BCUT2D eigenvalue weighted by atomic mass is 9.78. The molecule has 8 heteroatoms. The van der Waals surface area contributed by atoms with Gasteiger partial charge in [-0.05, 0) is 94.0 Å². The number of carbonyl (C=O) groups excluding carboxylic acids is 3. The molecule has 1 atom stereocenters. The first-order chi connectivity index (χ1) is 17.4. The second-order valence-electron chi connectivity index (χ2n) is 10.6. The fourth-order valence-corrected chi connectivity index (χ4v) is 5.75. The highest BCUT2D eigenvalue weighted by atomic mass is 16.5. The van der Waals surface area contributed by atoms with Crippen LogP contribution in [0.2, 0.25) is 0 Å². The number of nitrogens with one attached hydrogen (secondary N) is 1. The minimum atomic E-state index is -0.832. The lowest BCUT2D eigenvalue weighted by Gasteiger charge is -2.50. The smallest absolute Gasteiger partial charge is 0.336 e. The number of hydrogen-bond donors (Lipinski definition) is 1. The van der Waals surface area contributed by atoms with E-state index in [9.17, 15) is 14.4 Å². The van der Waals surface area contributed by atoms with E-state index in [2.05, 4.69) is 57.0 Å². The summed E-state index contributed by atoms with van der Waals surface area (Å²) >= 11 is 0. The predicted molar refractivity (Wildman–Crippen MR) is 144 cm³/mol. The van der Waals surface area contributed by atoms with E-state index in [1.807, 2.05) is 6.92 Å². The normalized spacial score (nSPS) is 20.3. The molecule has 2 aliphatic heterocycles. The van der Waals surface area contributed by atoms with Crippen LogP contribution in [0.4, 0.5) is 16.2 Å². The summed E-state index contributed by atoms with van der Waals surface area (Å²) in [6, 6.07) is 8.44. The molecule has 1 saturated heterocycles. The van der Waals surface area contributed by atoms with Gasteiger partial charge in [-0.3, -0.25) is 14.9 Å². The molecule has 0 unspecified atom stereocenters. The molecule has 0 radical (unpaired) electrons. The van der Waals surface area contributed by atoms with E-state index in [4.69, 9.17) is 9.47 Å². The number of ether oxygens (including phenoxy) is 2. The number of imide groups is 2. The molecular formula is C29H35N3O5. The molecular weight excluding hydrogens is 470 g/mol. The van der Waals surface area contributed by atoms with Crippen LogP contribution >= 0.6 is 0 Å². The van der Waals surface area contributed by atoms with Gasteiger partial charge < -0.3 is 14.4 Å². The summed E-state index contributed by atoms with van der Waals surface area (Å²) in [5.41, 5.74) is 4.16. The average molecular weight is 506 g/mol. The third kappa shape index (κ3) is 4.56. The Morgan fingerprint density at radius 3 is 2.38 bits per heavy atom. The minimum Gasteiger partial charge on any atom is -0.497 e. The lowest BCUT2D eigenvalue weighted by molar-refractivity contribution is -0.122. The summed E-state index contributed by atoms with van der Waals surface area (Å²) in [4.78, 5) is 42.5. The Labute approximate surface area is 218 Å². The summed E-state index contributed by atoms with van der Waals surface area (Å²) in [5, 5.41) is 2.30. The zero-order chi connectivity index (χ0) is 27.2. The number of fused-ring (bicyclic) bond motifs is 1. The van der Waals surface area contributed by atoms with Crippen LogP contribution in [0.1, 0.15) is 63.6 Å². The fourth-order valence-electron chi connectivity index (χ4n) is 5.75. The van der Waals surface area contributed by atoms with Gasteiger partial charge in [-0.25, -0.2) is 9.69 Å². The highest BCUT2D eigenvalue weighted by Crippen LogP contribution is 2.45. The number of hydrogen-bond acceptors (Lipinski definition) is 6. The molecule has 2 aromatic carbocycles. The van der Waals surface area contributed by atoms with Crippen LogP contribution in [-0.4, -0.2) is 43.6 Å². The predicted octanol–water partition coefficient (Wildman–Crippen LogP) is 5.18. The molecule has 2 aliphatic rings. The molecule has 0 aliphatic carbocycles. The van der Waals surface area contributed by atoms with Crippen molar-refractivity contribution >= 4 is 35.3 Å². The van der Waals surface area contributed by atoms with Crippen molar-refractivity contribution in [3.63, 3.8) is 0 Å². The van der Waals surface area contributed by atoms with E-state index in [0.29, 0.717) is 17.7 Å². The standard InChI is InChI=1S/C29H35N3O5/c1-16(2)32-24-11-17(3)19(12-21(24)18(4)15-29(32,5)6)13-22-26(33)30-28(35)31(27(22)34)23-10-9-20(36-7)14-25(23)37-8/h9-14,16,18H,15H2,1-8H3,(H,30,33,35)/b22-13+/t18-/m0/s1. The van der Waals surface area contributed by atoms with E-state index in [1.54, 1.807) is 24.3 Å². The zero-order valence-corrected chi connectivity index (χ0v) is 22.8. The Hall–Kier alpha value is -3.81. The van der Waals surface area contributed by atoms with Crippen molar-refractivity contribution in [1.82, 2.24) is 5.32 Å². The van der Waals surface area contributed by atoms with Crippen LogP contribution in [0.25, 0.3) is 6.08 Å². The molecule has 8 nitrogen and oxygen atoms in total. The number of carbonyl (C=O) groups is 3. The second kappa shape index (κ2) is 9.57. The van der Waals surface area contributed by atoms with Crippen LogP contribution in [0, 0.1) is 6.92 Å². The first-order valence-electron chi connectivity index (χ1n) is 12.5. The molecule has 4 amide bonds. The molecule has 1 N–H and O–H groups in total. The highest BCUT2D eigenvalue weighted by molar-refractivity contribution is 6.39. The van der Waals surface area contributed by atoms with E-state index in [0.717, 1.165) is 22.4 Å². The maximum Gasteiger partial charge on any atom is 0.336 e. The maximum atomic E-state index is 13.5. The Morgan fingerprint density at radius 2 is 1.76 bits per heavy atom. The number of anilines is 2. The SMILES string of the molecule is COc1ccc(N2C(=O)NC(=O)/C(=C\c3cc4c(cc3C)N(C(C)C)C(C)(C)C[C@@H]4C)C2=O)c(OC)c1. The van der Waals surface area contributed by atoms with Crippen molar-refractivity contribution < 1.29 is 23.9 Å². The van der Waals surface area contributed by atoms with E-state index >= 15 is 0 Å². The van der Waals surface area contributed by atoms with Crippen LogP contribution in [0.3, 0.4) is 0 Å². The average Bonchev–Trinajstić information content (AvgIpc) is 2.81. The largest absolute Gasteiger partial charge is 0.497 e. The number of amides is 4. The molecule has 1 fully saturated rings. The fraction of sp³-hybridized carbons (Fsp3) is 0.414. The summed E-state index contributed by atoms with van der Waals surface area (Å²) < 4.78 is 10.6. The van der Waals surface area contributed by atoms with Crippen molar-refractivity contribution in [3.8, 4) is 11.5 Å². The molecule has 4 rings (SSSR count). The minimum absolute atomic E-state index is 0.00447. The Morgan fingerprint density at radius 1 is 1.05 bits per heavy atom. The monoisotopic (exact) mass is 505 g/mol. The van der Waals surface area contributed by atoms with Gasteiger partial charge >= 0.3 is 6.03 Å². The van der Waals surface area contributed by atoms with Gasteiger partial charge in [0.25, 0.3) is 11.8 Å². The number of rotatable bonds is 5. The molecule has 0 spiro atoms. The number of benzene rings is 2. The summed E-state index contributed by atoms with van der Waals surface area (Å²) in [7, 11) is 2.95. The number of nitrogens with zero attached hydrogens (tertiary/aromatic N) is 2. The highest BCUT2D eigenvalue weighted by Gasteiger charge is 2.40. The summed E-state index contributed by atoms with van der Waals surface area (Å²) in [6.45, 7) is 13.1. The van der Waals surface area contributed by atoms with E-state index in [1.165, 1.54) is 25.5 Å². The van der Waals surface area contributed by atoms with Gasteiger partial charge in [0.2, 0.25) is 0 Å². The maximum absolute atomic E-state index is 13.5. The van der Waals surface area contributed by atoms with E-state index in [-0.39, 0.29) is 22.5 Å². The molecule has 2 aromatic rings. The number of urea groups is 1. The summed E-state index contributed by atoms with van der Waals surface area (Å²) in [5.74, 6) is -0.363. The van der Waals surface area contributed by atoms with Gasteiger partial charge in [-0.1, -0.05) is 6.92 Å². The van der Waals surface area contributed by atoms with Crippen LogP contribution in [0.15, 0.2) is 35.9 Å². The van der Waals surface area contributed by atoms with Crippen LogP contribution in [-0.2, 0) is 9.59 Å². The molecule has 0 saturated carbocycles. The van der Waals surface area contributed by atoms with E-state index < -0.39 is 17.8 Å². The van der Waals surface area contributed by atoms with Crippen LogP contribution in [0.5, 0.6) is 11.5 Å². The molecule has 0 aromatic heterocycles. The zero-order valence-electron chi connectivity index (χ0n) is 22.8. The Bertz CT molecular complexity index is 1310. The van der Waals surface area contributed by atoms with Gasteiger partial charge in [0, 0.05) is 23.3 Å². The number of aryl methyl sites for hydroxylation is 1.